The molecule has 0 heterocycles. The zero-order chi connectivity index (χ0) is 25.2. The van der Waals surface area contributed by atoms with Gasteiger partial charge in [-0.05, 0) is 95.6 Å². The highest BCUT2D eigenvalue weighted by molar-refractivity contribution is 5.41. The Bertz CT molecular complexity index is 1250. The Morgan fingerprint density at radius 1 is 0.892 bits per heavy atom. The molecule has 3 aromatic carbocycles. The molecule has 0 amide bonds. The second-order valence-electron chi connectivity index (χ2n) is 11.7. The highest BCUT2D eigenvalue weighted by Gasteiger charge is 2.58. The van der Waals surface area contributed by atoms with Gasteiger partial charge in [0.15, 0.2) is 0 Å². The molecule has 37 heavy (non-hydrogen) atoms. The third kappa shape index (κ3) is 4.69. The van der Waals surface area contributed by atoms with E-state index in [1.54, 1.807) is 0 Å². The third-order valence-electron chi connectivity index (χ3n) is 9.63. The van der Waals surface area contributed by atoms with Gasteiger partial charge in [0.25, 0.3) is 0 Å². The van der Waals surface area contributed by atoms with E-state index < -0.39 is 0 Å². The van der Waals surface area contributed by atoms with Crippen LogP contribution in [-0.4, -0.2) is 6.10 Å². The monoisotopic (exact) mass is 491 g/mol. The van der Waals surface area contributed by atoms with E-state index in [0.29, 0.717) is 43.3 Å². The lowest BCUT2D eigenvalue weighted by molar-refractivity contribution is -0.0859. The minimum absolute atomic E-state index is 0.147. The molecule has 0 spiro atoms. The topological polar surface area (TPSA) is 42.2 Å². The van der Waals surface area contributed by atoms with Crippen LogP contribution in [0.3, 0.4) is 0 Å². The first-order chi connectivity index (χ1) is 18.2. The van der Waals surface area contributed by atoms with Gasteiger partial charge in [0.2, 0.25) is 0 Å². The minimum atomic E-state index is 0.147. The molecule has 0 bridgehead atoms. The molecule has 2 saturated carbocycles. The average Bonchev–Trinajstić information content (AvgIpc) is 3.27. The molecule has 3 nitrogen and oxygen atoms in total. The molecule has 0 radical (unpaired) electrons. The number of aryl methyl sites for hydroxylation is 1. The van der Waals surface area contributed by atoms with Gasteiger partial charge < -0.3 is 9.47 Å². The third-order valence-corrected chi connectivity index (χ3v) is 9.63. The van der Waals surface area contributed by atoms with Crippen molar-refractivity contribution in [2.75, 3.05) is 0 Å². The maximum absolute atomic E-state index is 9.82. The maximum Gasteiger partial charge on any atom is 0.120 e. The van der Waals surface area contributed by atoms with Crippen LogP contribution in [0.2, 0.25) is 0 Å². The minimum Gasteiger partial charge on any atom is -0.489 e. The van der Waals surface area contributed by atoms with E-state index in [1.807, 2.05) is 6.07 Å². The largest absolute Gasteiger partial charge is 0.489 e. The van der Waals surface area contributed by atoms with Crippen molar-refractivity contribution in [3.63, 3.8) is 0 Å². The highest BCUT2D eigenvalue weighted by atomic mass is 16.5. The molecule has 0 saturated heterocycles. The number of ether oxygens (including phenoxy) is 2. The van der Waals surface area contributed by atoms with Crippen molar-refractivity contribution in [3.05, 3.63) is 101 Å². The normalized spacial score (nSPS) is 30.0. The molecular formula is C34H37NO2. The Morgan fingerprint density at radius 3 is 2.35 bits per heavy atom. The standard InChI is InChI=1S/C34H37NO2/c1-34-21-27(18-19-35)33-29-15-13-28(36-22-24-8-4-2-5-9-24)20-26(29)12-14-30(33)31(34)16-17-32(34)37-23-25-10-6-3-7-11-25/h2-11,13,15,20,27,30-33H,12,14,16-18,21-23H2,1H3/t27-,30-,31-,32-,33+,34-/m0/s1. The van der Waals surface area contributed by atoms with Gasteiger partial charge in [0.05, 0.1) is 18.8 Å². The van der Waals surface area contributed by atoms with Crippen molar-refractivity contribution in [1.29, 1.82) is 5.26 Å². The molecule has 0 aliphatic heterocycles. The molecule has 190 valence electrons. The molecule has 6 atom stereocenters. The van der Waals surface area contributed by atoms with E-state index in [1.165, 1.54) is 35.1 Å². The quantitative estimate of drug-likeness (QED) is 0.338. The second-order valence-corrected chi connectivity index (χ2v) is 11.7. The SMILES string of the molecule is C[C@]12C[C@H](CC#N)[C@@H]3c4ccc(OCc5ccccc5)cc4CC[C@H]3[C@@H]1CC[C@@H]2OCc1ccccc1. The predicted octanol–water partition coefficient (Wildman–Crippen LogP) is 7.85. The van der Waals surface area contributed by atoms with E-state index in [9.17, 15) is 5.26 Å². The molecule has 2 fully saturated rings. The van der Waals surface area contributed by atoms with Crippen LogP contribution in [0, 0.1) is 34.5 Å². The summed E-state index contributed by atoms with van der Waals surface area (Å²) in [7, 11) is 0. The Hall–Kier alpha value is -3.09. The van der Waals surface area contributed by atoms with Crippen LogP contribution in [0.4, 0.5) is 0 Å². The van der Waals surface area contributed by atoms with Crippen LogP contribution in [0.1, 0.15) is 67.2 Å². The first-order valence-corrected chi connectivity index (χ1v) is 14.0. The number of nitriles is 1. The first kappa shape index (κ1) is 24.3. The van der Waals surface area contributed by atoms with Gasteiger partial charge in [-0.15, -0.1) is 0 Å². The van der Waals surface area contributed by atoms with Crippen molar-refractivity contribution >= 4 is 0 Å². The Labute approximate surface area is 221 Å². The molecule has 0 aromatic heterocycles. The number of hydrogen-bond donors (Lipinski definition) is 0. The molecular weight excluding hydrogens is 454 g/mol. The fourth-order valence-electron chi connectivity index (χ4n) is 8.01. The van der Waals surface area contributed by atoms with Gasteiger partial charge >= 0.3 is 0 Å². The molecule has 3 aliphatic rings. The van der Waals surface area contributed by atoms with Crippen molar-refractivity contribution in [3.8, 4) is 11.8 Å². The fraction of sp³-hybridized carbons (Fsp3) is 0.441. The molecule has 3 heteroatoms. The lowest BCUT2D eigenvalue weighted by Crippen LogP contribution is -2.48. The van der Waals surface area contributed by atoms with Crippen LogP contribution in [0.15, 0.2) is 78.9 Å². The van der Waals surface area contributed by atoms with Crippen LogP contribution >= 0.6 is 0 Å². The van der Waals surface area contributed by atoms with Gasteiger partial charge in [-0.3, -0.25) is 0 Å². The summed E-state index contributed by atoms with van der Waals surface area (Å²) in [6.07, 6.45) is 6.65. The molecule has 3 aromatic rings. The molecule has 3 aliphatic carbocycles. The Kier molecular flexibility index (Phi) is 6.78. The zero-order valence-corrected chi connectivity index (χ0v) is 21.8. The van der Waals surface area contributed by atoms with Crippen LogP contribution in [0.5, 0.6) is 5.75 Å². The van der Waals surface area contributed by atoms with E-state index in [0.717, 1.165) is 25.0 Å². The van der Waals surface area contributed by atoms with E-state index in [-0.39, 0.29) is 11.5 Å². The summed E-state index contributed by atoms with van der Waals surface area (Å²) in [4.78, 5) is 0. The van der Waals surface area contributed by atoms with E-state index in [2.05, 4.69) is 85.8 Å². The lowest BCUT2D eigenvalue weighted by Gasteiger charge is -2.54. The number of hydrogen-bond acceptors (Lipinski definition) is 3. The Balaban J connectivity index is 1.21. The number of nitrogens with zero attached hydrogens (tertiary/aromatic N) is 1. The average molecular weight is 492 g/mol. The summed E-state index contributed by atoms with van der Waals surface area (Å²) in [5.74, 6) is 3.10. The second kappa shape index (κ2) is 10.3. The van der Waals surface area contributed by atoms with Crippen molar-refractivity contribution in [2.45, 2.75) is 70.7 Å². The summed E-state index contributed by atoms with van der Waals surface area (Å²) >= 11 is 0. The number of fused-ring (bicyclic) bond motifs is 5. The van der Waals surface area contributed by atoms with Crippen molar-refractivity contribution in [1.82, 2.24) is 0 Å². The summed E-state index contributed by atoms with van der Waals surface area (Å²) in [6, 6.07) is 30.2. The number of benzene rings is 3. The van der Waals surface area contributed by atoms with Crippen LogP contribution < -0.4 is 4.74 Å². The molecule has 0 N–H and O–H groups in total. The zero-order valence-electron chi connectivity index (χ0n) is 21.8. The fourth-order valence-corrected chi connectivity index (χ4v) is 8.01. The van der Waals surface area contributed by atoms with Crippen molar-refractivity contribution in [2.24, 2.45) is 23.2 Å². The molecule has 6 rings (SSSR count). The maximum atomic E-state index is 9.82. The smallest absolute Gasteiger partial charge is 0.120 e. The van der Waals surface area contributed by atoms with Gasteiger partial charge in [0, 0.05) is 6.42 Å². The van der Waals surface area contributed by atoms with Crippen LogP contribution in [0.25, 0.3) is 0 Å². The van der Waals surface area contributed by atoms with Gasteiger partial charge in [0.1, 0.15) is 12.4 Å². The van der Waals surface area contributed by atoms with Crippen LogP contribution in [-0.2, 0) is 24.4 Å². The summed E-state index contributed by atoms with van der Waals surface area (Å²) < 4.78 is 12.8. The summed E-state index contributed by atoms with van der Waals surface area (Å²) in [6.45, 7) is 3.74. The predicted molar refractivity (Wildman–Crippen MR) is 146 cm³/mol. The van der Waals surface area contributed by atoms with Gasteiger partial charge in [-0.25, -0.2) is 0 Å². The van der Waals surface area contributed by atoms with E-state index in [4.69, 9.17) is 9.47 Å². The van der Waals surface area contributed by atoms with Gasteiger partial charge in [-0.2, -0.15) is 5.26 Å². The number of rotatable bonds is 7. The van der Waals surface area contributed by atoms with Gasteiger partial charge in [-0.1, -0.05) is 73.7 Å². The first-order valence-electron chi connectivity index (χ1n) is 14.0. The summed E-state index contributed by atoms with van der Waals surface area (Å²) in [5.41, 5.74) is 5.47. The van der Waals surface area contributed by atoms with Crippen molar-refractivity contribution < 1.29 is 9.47 Å². The Morgan fingerprint density at radius 2 is 1.62 bits per heavy atom. The van der Waals surface area contributed by atoms with E-state index >= 15 is 0 Å². The lowest BCUT2D eigenvalue weighted by atomic mass is 9.51. The highest BCUT2D eigenvalue weighted by Crippen LogP contribution is 2.64. The molecule has 0 unspecified atom stereocenters. The summed E-state index contributed by atoms with van der Waals surface area (Å²) in [5, 5.41) is 9.82.